The first-order valence-corrected chi connectivity index (χ1v) is 2.83. The van der Waals surface area contributed by atoms with Gasteiger partial charge in [-0.05, 0) is 20.1 Å². The van der Waals surface area contributed by atoms with E-state index in [1.807, 2.05) is 6.92 Å². The van der Waals surface area contributed by atoms with Crippen molar-refractivity contribution in [3.05, 3.63) is 12.2 Å². The Morgan fingerprint density at radius 2 is 2.25 bits per heavy atom. The number of hydrogen-bond acceptors (Lipinski definition) is 1. The fourth-order valence-electron chi connectivity index (χ4n) is 0.633. The summed E-state index contributed by atoms with van der Waals surface area (Å²) in [7, 11) is 0. The number of hydrogen-bond donors (Lipinski definition) is 0. The Morgan fingerprint density at radius 3 is 2.25 bits per heavy atom. The van der Waals surface area contributed by atoms with Gasteiger partial charge in [0.15, 0.2) is 0 Å². The lowest BCUT2D eigenvalue weighted by atomic mass is 10.1. The van der Waals surface area contributed by atoms with Crippen LogP contribution in [0.2, 0.25) is 0 Å². The van der Waals surface area contributed by atoms with Crippen LogP contribution in [0.1, 0.15) is 20.3 Å². The smallest absolute Gasteiger partial charge is 0.0693 e. The highest BCUT2D eigenvalue weighted by molar-refractivity contribution is 5.26. The second kappa shape index (κ2) is 3.42. The van der Waals surface area contributed by atoms with Crippen LogP contribution in [0.5, 0.6) is 0 Å². The van der Waals surface area contributed by atoms with Gasteiger partial charge in [-0.3, -0.25) is 4.99 Å². The molecular weight excluding hydrogens is 98.1 g/mol. The average Bonchev–Trinajstić information content (AvgIpc) is 1.69. The number of rotatable bonds is 3. The van der Waals surface area contributed by atoms with Crippen LogP contribution in [0.3, 0.4) is 0 Å². The topological polar surface area (TPSA) is 12.4 Å². The van der Waals surface area contributed by atoms with Gasteiger partial charge in [-0.1, -0.05) is 19.1 Å². The zero-order valence-electron chi connectivity index (χ0n) is 5.65. The summed E-state index contributed by atoms with van der Waals surface area (Å²) in [5, 5.41) is 0. The molecule has 0 saturated carbocycles. The van der Waals surface area contributed by atoms with Gasteiger partial charge >= 0.3 is 0 Å². The summed E-state index contributed by atoms with van der Waals surface area (Å²) < 4.78 is 0. The largest absolute Gasteiger partial charge is 0.293 e. The molecule has 0 fully saturated rings. The molecule has 0 heterocycles. The van der Waals surface area contributed by atoms with Crippen LogP contribution in [-0.2, 0) is 0 Å². The first-order chi connectivity index (χ1) is 3.72. The summed E-state index contributed by atoms with van der Waals surface area (Å²) in [6.45, 7) is 11.3. The zero-order chi connectivity index (χ0) is 6.57. The molecule has 0 rings (SSSR count). The maximum atomic E-state index is 3.86. The predicted octanol–water partition coefficient (Wildman–Crippen LogP) is 2.04. The van der Waals surface area contributed by atoms with E-state index in [9.17, 15) is 0 Å². The molecule has 0 aromatic heterocycles. The van der Waals surface area contributed by atoms with Crippen molar-refractivity contribution in [2.24, 2.45) is 4.99 Å². The van der Waals surface area contributed by atoms with E-state index in [2.05, 4.69) is 25.2 Å². The van der Waals surface area contributed by atoms with Gasteiger partial charge in [-0.25, -0.2) is 0 Å². The molecular formula is C7H13N. The minimum atomic E-state index is 0.273. The standard InChI is InChI=1S/C7H13N/c1-5-7(8-4)6(2)3/h7H,2,4-5H2,1,3H3. The molecule has 1 heteroatoms. The minimum absolute atomic E-state index is 0.273. The molecule has 0 aliphatic rings. The van der Waals surface area contributed by atoms with E-state index in [0.29, 0.717) is 0 Å². The Bertz CT molecular complexity index is 94.6. The highest BCUT2D eigenvalue weighted by Gasteiger charge is 1.99. The lowest BCUT2D eigenvalue weighted by molar-refractivity contribution is 0.750. The molecule has 1 atom stereocenters. The Balaban J connectivity index is 3.69. The monoisotopic (exact) mass is 111 g/mol. The first-order valence-electron chi connectivity index (χ1n) is 2.83. The van der Waals surface area contributed by atoms with E-state index in [0.717, 1.165) is 12.0 Å². The quantitative estimate of drug-likeness (QED) is 0.390. The maximum absolute atomic E-state index is 3.86. The van der Waals surface area contributed by atoms with Gasteiger partial charge in [0.25, 0.3) is 0 Å². The van der Waals surface area contributed by atoms with Gasteiger partial charge in [-0.15, -0.1) is 0 Å². The Labute approximate surface area is 51.1 Å². The SMILES string of the molecule is C=NC(CC)C(=C)C. The van der Waals surface area contributed by atoms with E-state index < -0.39 is 0 Å². The van der Waals surface area contributed by atoms with E-state index >= 15 is 0 Å². The summed E-state index contributed by atoms with van der Waals surface area (Å²) in [5.41, 5.74) is 1.10. The summed E-state index contributed by atoms with van der Waals surface area (Å²) in [6, 6.07) is 0.273. The van der Waals surface area contributed by atoms with E-state index in [1.165, 1.54) is 0 Å². The fourth-order valence-corrected chi connectivity index (χ4v) is 0.633. The van der Waals surface area contributed by atoms with E-state index in [1.54, 1.807) is 0 Å². The number of aliphatic imine (C=N–C) groups is 1. The summed E-state index contributed by atoms with van der Waals surface area (Å²) in [4.78, 5) is 3.86. The molecule has 0 aliphatic heterocycles. The highest BCUT2D eigenvalue weighted by Crippen LogP contribution is 2.05. The highest BCUT2D eigenvalue weighted by atomic mass is 14.7. The zero-order valence-corrected chi connectivity index (χ0v) is 5.65. The fraction of sp³-hybridized carbons (Fsp3) is 0.571. The van der Waals surface area contributed by atoms with Gasteiger partial charge in [0.2, 0.25) is 0 Å². The van der Waals surface area contributed by atoms with Crippen molar-refractivity contribution in [3.8, 4) is 0 Å². The second-order valence-electron chi connectivity index (χ2n) is 1.95. The molecule has 46 valence electrons. The molecule has 0 aromatic carbocycles. The van der Waals surface area contributed by atoms with Crippen LogP contribution in [-0.4, -0.2) is 12.8 Å². The van der Waals surface area contributed by atoms with Crippen LogP contribution >= 0.6 is 0 Å². The molecule has 8 heavy (non-hydrogen) atoms. The molecule has 0 saturated heterocycles. The Morgan fingerprint density at radius 1 is 1.75 bits per heavy atom. The van der Waals surface area contributed by atoms with E-state index in [-0.39, 0.29) is 6.04 Å². The van der Waals surface area contributed by atoms with Crippen molar-refractivity contribution < 1.29 is 0 Å². The van der Waals surface area contributed by atoms with Crippen molar-refractivity contribution in [3.63, 3.8) is 0 Å². The first kappa shape index (κ1) is 7.41. The molecule has 0 spiro atoms. The van der Waals surface area contributed by atoms with Crippen LogP contribution < -0.4 is 0 Å². The molecule has 1 unspecified atom stereocenters. The lowest BCUT2D eigenvalue weighted by Crippen LogP contribution is -2.01. The normalized spacial score (nSPS) is 12.8. The van der Waals surface area contributed by atoms with Gasteiger partial charge in [0, 0.05) is 0 Å². The minimum Gasteiger partial charge on any atom is -0.293 e. The number of nitrogens with zero attached hydrogens (tertiary/aromatic N) is 1. The van der Waals surface area contributed by atoms with Crippen molar-refractivity contribution >= 4 is 6.72 Å². The van der Waals surface area contributed by atoms with Gasteiger partial charge in [-0.2, -0.15) is 0 Å². The summed E-state index contributed by atoms with van der Waals surface area (Å²) >= 11 is 0. The van der Waals surface area contributed by atoms with Crippen molar-refractivity contribution in [2.45, 2.75) is 26.3 Å². The molecule has 0 aliphatic carbocycles. The van der Waals surface area contributed by atoms with Crippen molar-refractivity contribution in [1.82, 2.24) is 0 Å². The lowest BCUT2D eigenvalue weighted by Gasteiger charge is -2.05. The molecule has 0 N–H and O–H groups in total. The van der Waals surface area contributed by atoms with Gasteiger partial charge < -0.3 is 0 Å². The van der Waals surface area contributed by atoms with Crippen LogP contribution in [0.25, 0.3) is 0 Å². The van der Waals surface area contributed by atoms with Gasteiger partial charge in [0.05, 0.1) is 6.04 Å². The molecule has 0 bridgehead atoms. The third kappa shape index (κ3) is 1.92. The Hall–Kier alpha value is -0.590. The van der Waals surface area contributed by atoms with Crippen LogP contribution in [0, 0.1) is 0 Å². The van der Waals surface area contributed by atoms with Crippen molar-refractivity contribution in [1.29, 1.82) is 0 Å². The third-order valence-electron chi connectivity index (χ3n) is 1.18. The molecule has 0 amide bonds. The predicted molar refractivity (Wildman–Crippen MR) is 38.4 cm³/mol. The second-order valence-corrected chi connectivity index (χ2v) is 1.95. The average molecular weight is 111 g/mol. The third-order valence-corrected chi connectivity index (χ3v) is 1.18. The summed E-state index contributed by atoms with van der Waals surface area (Å²) in [6.07, 6.45) is 1.01. The van der Waals surface area contributed by atoms with Crippen LogP contribution in [0.4, 0.5) is 0 Å². The maximum Gasteiger partial charge on any atom is 0.0693 e. The molecule has 0 aromatic rings. The summed E-state index contributed by atoms with van der Waals surface area (Å²) in [5.74, 6) is 0. The Kier molecular flexibility index (Phi) is 3.16. The van der Waals surface area contributed by atoms with Gasteiger partial charge in [0.1, 0.15) is 0 Å². The molecule has 0 radical (unpaired) electrons. The molecule has 1 nitrogen and oxygen atoms in total. The van der Waals surface area contributed by atoms with Crippen LogP contribution in [0.15, 0.2) is 17.1 Å². The van der Waals surface area contributed by atoms with E-state index in [4.69, 9.17) is 0 Å². The van der Waals surface area contributed by atoms with Crippen molar-refractivity contribution in [2.75, 3.05) is 0 Å².